The molecule has 0 spiro atoms. The third-order valence-corrected chi connectivity index (χ3v) is 2.98. The Hall–Kier alpha value is -2.56. The predicted octanol–water partition coefficient (Wildman–Crippen LogP) is 2.64. The minimum Gasteiger partial charge on any atom is -0.497 e. The van der Waals surface area contributed by atoms with Crippen molar-refractivity contribution in [2.24, 2.45) is 0 Å². The summed E-state index contributed by atoms with van der Waals surface area (Å²) in [6.45, 7) is 0. The molecule has 0 aliphatic carbocycles. The molecule has 0 unspecified atom stereocenters. The zero-order valence-electron chi connectivity index (χ0n) is 10.7. The summed E-state index contributed by atoms with van der Waals surface area (Å²) in [7, 11) is 3.27. The van der Waals surface area contributed by atoms with Crippen LogP contribution in [0.5, 0.6) is 11.5 Å². The maximum atomic E-state index is 5.27. The van der Waals surface area contributed by atoms with Gasteiger partial charge in [-0.1, -0.05) is 0 Å². The quantitative estimate of drug-likeness (QED) is 0.781. The molecule has 5 nitrogen and oxygen atoms in total. The van der Waals surface area contributed by atoms with Gasteiger partial charge in [0.2, 0.25) is 0 Å². The summed E-state index contributed by atoms with van der Waals surface area (Å²) in [6.07, 6.45) is 3.51. The van der Waals surface area contributed by atoms with Gasteiger partial charge in [0.1, 0.15) is 17.0 Å². The van der Waals surface area contributed by atoms with Crippen molar-refractivity contribution >= 4 is 11.0 Å². The molecule has 0 saturated heterocycles. The van der Waals surface area contributed by atoms with E-state index >= 15 is 0 Å². The Kier molecular flexibility index (Phi) is 2.79. The lowest BCUT2D eigenvalue weighted by molar-refractivity contribution is 0.394. The molecule has 0 atom stereocenters. The summed E-state index contributed by atoms with van der Waals surface area (Å²) < 4.78 is 10.5. The van der Waals surface area contributed by atoms with Crippen molar-refractivity contribution in [2.75, 3.05) is 14.2 Å². The van der Waals surface area contributed by atoms with Crippen LogP contribution >= 0.6 is 0 Å². The fraction of sp³-hybridized carbons (Fsp3) is 0.143. The fourth-order valence-corrected chi connectivity index (χ4v) is 1.96. The summed E-state index contributed by atoms with van der Waals surface area (Å²) in [6, 6.07) is 7.73. The highest BCUT2D eigenvalue weighted by molar-refractivity contribution is 5.80. The van der Waals surface area contributed by atoms with Gasteiger partial charge in [-0.3, -0.25) is 10.1 Å². The van der Waals surface area contributed by atoms with E-state index in [0.717, 1.165) is 33.7 Å². The van der Waals surface area contributed by atoms with Gasteiger partial charge >= 0.3 is 0 Å². The SMILES string of the molecule is COc1cc(OC)cc(-c2cnc3cn[nH]c3c2)c1. The molecule has 5 heteroatoms. The first kappa shape index (κ1) is 11.5. The normalized spacial score (nSPS) is 10.6. The monoisotopic (exact) mass is 255 g/mol. The smallest absolute Gasteiger partial charge is 0.123 e. The van der Waals surface area contributed by atoms with Crippen LogP contribution in [0.1, 0.15) is 0 Å². The molecule has 2 aromatic heterocycles. The molecule has 3 rings (SSSR count). The van der Waals surface area contributed by atoms with Crippen LogP contribution in [0.4, 0.5) is 0 Å². The van der Waals surface area contributed by atoms with Gasteiger partial charge in [0.05, 0.1) is 25.9 Å². The van der Waals surface area contributed by atoms with E-state index in [2.05, 4.69) is 15.2 Å². The van der Waals surface area contributed by atoms with Crippen molar-refractivity contribution < 1.29 is 9.47 Å². The Bertz CT molecular complexity index is 699. The first-order chi connectivity index (χ1) is 9.30. The van der Waals surface area contributed by atoms with Crippen molar-refractivity contribution in [2.45, 2.75) is 0 Å². The lowest BCUT2D eigenvalue weighted by Gasteiger charge is -2.08. The molecule has 1 N–H and O–H groups in total. The lowest BCUT2D eigenvalue weighted by atomic mass is 10.1. The summed E-state index contributed by atoms with van der Waals surface area (Å²) in [5.41, 5.74) is 3.71. The summed E-state index contributed by atoms with van der Waals surface area (Å²) in [5.74, 6) is 1.50. The maximum absolute atomic E-state index is 5.27. The molecular formula is C14H13N3O2. The second-order valence-corrected chi connectivity index (χ2v) is 4.13. The number of benzene rings is 1. The lowest BCUT2D eigenvalue weighted by Crippen LogP contribution is -1.89. The van der Waals surface area contributed by atoms with Gasteiger partial charge in [-0.15, -0.1) is 0 Å². The molecule has 96 valence electrons. The van der Waals surface area contributed by atoms with E-state index in [9.17, 15) is 0 Å². The van der Waals surface area contributed by atoms with E-state index < -0.39 is 0 Å². The van der Waals surface area contributed by atoms with Gasteiger partial charge in [0.25, 0.3) is 0 Å². The maximum Gasteiger partial charge on any atom is 0.123 e. The van der Waals surface area contributed by atoms with Gasteiger partial charge in [-0.25, -0.2) is 0 Å². The van der Waals surface area contributed by atoms with Crippen LogP contribution in [-0.4, -0.2) is 29.4 Å². The van der Waals surface area contributed by atoms with Crippen LogP contribution in [0.15, 0.2) is 36.7 Å². The van der Waals surface area contributed by atoms with E-state index in [1.807, 2.05) is 30.5 Å². The largest absolute Gasteiger partial charge is 0.497 e. The van der Waals surface area contributed by atoms with Gasteiger partial charge < -0.3 is 9.47 Å². The van der Waals surface area contributed by atoms with Crippen LogP contribution in [0.25, 0.3) is 22.2 Å². The highest BCUT2D eigenvalue weighted by atomic mass is 16.5. The summed E-state index contributed by atoms with van der Waals surface area (Å²) in [5, 5.41) is 6.88. The first-order valence-corrected chi connectivity index (χ1v) is 5.83. The molecular weight excluding hydrogens is 242 g/mol. The van der Waals surface area contributed by atoms with Crippen molar-refractivity contribution in [3.63, 3.8) is 0 Å². The van der Waals surface area contributed by atoms with Crippen LogP contribution in [-0.2, 0) is 0 Å². The van der Waals surface area contributed by atoms with Crippen molar-refractivity contribution in [1.29, 1.82) is 0 Å². The Morgan fingerprint density at radius 1 is 0.895 bits per heavy atom. The van der Waals surface area contributed by atoms with Crippen LogP contribution in [0.2, 0.25) is 0 Å². The van der Waals surface area contributed by atoms with Gasteiger partial charge in [0, 0.05) is 17.8 Å². The Balaban J connectivity index is 2.13. The molecule has 0 radical (unpaired) electrons. The molecule has 0 aliphatic heterocycles. The molecule has 2 heterocycles. The van der Waals surface area contributed by atoms with Gasteiger partial charge in [0.15, 0.2) is 0 Å². The van der Waals surface area contributed by atoms with Gasteiger partial charge in [-0.05, 0) is 23.8 Å². The summed E-state index contributed by atoms with van der Waals surface area (Å²) >= 11 is 0. The topological polar surface area (TPSA) is 60.0 Å². The number of hydrogen-bond acceptors (Lipinski definition) is 4. The number of hydrogen-bond donors (Lipinski definition) is 1. The third-order valence-electron chi connectivity index (χ3n) is 2.98. The van der Waals surface area contributed by atoms with E-state index in [0.29, 0.717) is 0 Å². The van der Waals surface area contributed by atoms with E-state index in [1.54, 1.807) is 20.4 Å². The average molecular weight is 255 g/mol. The molecule has 0 aliphatic rings. The minimum absolute atomic E-state index is 0.749. The van der Waals surface area contributed by atoms with Crippen LogP contribution in [0, 0.1) is 0 Å². The first-order valence-electron chi connectivity index (χ1n) is 5.83. The van der Waals surface area contributed by atoms with Crippen molar-refractivity contribution in [1.82, 2.24) is 15.2 Å². The molecule has 0 bridgehead atoms. The fourth-order valence-electron chi connectivity index (χ4n) is 1.96. The Morgan fingerprint density at radius 2 is 1.63 bits per heavy atom. The number of fused-ring (bicyclic) bond motifs is 1. The molecule has 3 aromatic rings. The highest BCUT2D eigenvalue weighted by Crippen LogP contribution is 2.30. The average Bonchev–Trinajstić information content (AvgIpc) is 2.94. The Morgan fingerprint density at radius 3 is 2.32 bits per heavy atom. The molecule has 1 aromatic carbocycles. The molecule has 0 saturated carbocycles. The number of nitrogens with one attached hydrogen (secondary N) is 1. The molecule has 19 heavy (non-hydrogen) atoms. The van der Waals surface area contributed by atoms with Crippen LogP contribution in [0.3, 0.4) is 0 Å². The molecule has 0 fully saturated rings. The number of ether oxygens (including phenoxy) is 2. The number of pyridine rings is 1. The van der Waals surface area contributed by atoms with Crippen molar-refractivity contribution in [3.8, 4) is 22.6 Å². The zero-order valence-corrected chi connectivity index (χ0v) is 10.7. The second kappa shape index (κ2) is 4.61. The minimum atomic E-state index is 0.749. The number of methoxy groups -OCH3 is 2. The zero-order chi connectivity index (χ0) is 13.2. The Labute approximate surface area is 110 Å². The second-order valence-electron chi connectivity index (χ2n) is 4.13. The molecule has 0 amide bonds. The van der Waals surface area contributed by atoms with E-state index in [1.165, 1.54) is 0 Å². The highest BCUT2D eigenvalue weighted by Gasteiger charge is 2.06. The number of H-pyrrole nitrogens is 1. The number of aromatic nitrogens is 3. The summed E-state index contributed by atoms with van der Waals surface area (Å²) in [4.78, 5) is 4.35. The number of rotatable bonds is 3. The third kappa shape index (κ3) is 2.10. The van der Waals surface area contributed by atoms with Crippen LogP contribution < -0.4 is 9.47 Å². The van der Waals surface area contributed by atoms with Crippen molar-refractivity contribution in [3.05, 3.63) is 36.7 Å². The van der Waals surface area contributed by atoms with Gasteiger partial charge in [-0.2, -0.15) is 5.10 Å². The standard InChI is InChI=1S/C14H13N3O2/c1-18-11-3-9(4-12(6-11)19-2)10-5-13-14(15-7-10)8-16-17-13/h3-8H,1-2H3,(H,16,17). The number of aromatic amines is 1. The number of nitrogens with zero attached hydrogens (tertiary/aromatic N) is 2. The predicted molar refractivity (Wildman–Crippen MR) is 72.4 cm³/mol. The van der Waals surface area contributed by atoms with E-state index in [4.69, 9.17) is 9.47 Å². The van der Waals surface area contributed by atoms with E-state index in [-0.39, 0.29) is 0 Å².